The number of nitrogens with zero attached hydrogens (tertiary/aromatic N) is 2. The zero-order valence-corrected chi connectivity index (χ0v) is 14.9. The van der Waals surface area contributed by atoms with Gasteiger partial charge in [-0.25, -0.2) is 4.99 Å². The predicted molar refractivity (Wildman–Crippen MR) is 102 cm³/mol. The molecule has 23 heavy (non-hydrogen) atoms. The zero-order chi connectivity index (χ0) is 16.8. The summed E-state index contributed by atoms with van der Waals surface area (Å²) in [6, 6.07) is 7.78. The lowest BCUT2D eigenvalue weighted by Gasteiger charge is -2.16. The van der Waals surface area contributed by atoms with E-state index in [-0.39, 0.29) is 18.9 Å². The van der Waals surface area contributed by atoms with Crippen molar-refractivity contribution in [2.75, 3.05) is 22.9 Å². The molecule has 4 N–H and O–H groups in total. The van der Waals surface area contributed by atoms with Gasteiger partial charge < -0.3 is 18.7 Å². The van der Waals surface area contributed by atoms with Gasteiger partial charge in [0.25, 0.3) is 0 Å². The Hall–Kier alpha value is -1.87. The van der Waals surface area contributed by atoms with Crippen LogP contribution in [-0.4, -0.2) is 36.3 Å². The normalized spacial score (nSPS) is 16.1. The van der Waals surface area contributed by atoms with Gasteiger partial charge in [0.2, 0.25) is 0 Å². The Bertz CT molecular complexity index is 665. The molecular formula is C16H19IN4O2. The predicted octanol–water partition coefficient (Wildman–Crippen LogP) is 2.70. The molecule has 0 fully saturated rings. The number of nitrogens with two attached hydrogens (primary N) is 1. The summed E-state index contributed by atoms with van der Waals surface area (Å²) in [5.74, 6) is 0.426. The van der Waals surface area contributed by atoms with Crippen molar-refractivity contribution in [1.29, 1.82) is 5.41 Å². The Labute approximate surface area is 149 Å². The van der Waals surface area contributed by atoms with Crippen LogP contribution in [0.2, 0.25) is 0 Å². The van der Waals surface area contributed by atoms with Gasteiger partial charge in [0.15, 0.2) is 0 Å². The molecule has 6 nitrogen and oxygen atoms in total. The molecular weight excluding hydrogens is 407 g/mol. The number of aliphatic imine (C=N–C) groups is 1. The van der Waals surface area contributed by atoms with E-state index in [0.29, 0.717) is 17.2 Å². The van der Waals surface area contributed by atoms with E-state index in [9.17, 15) is 0 Å². The second-order valence-electron chi connectivity index (χ2n) is 4.79. The van der Waals surface area contributed by atoms with Gasteiger partial charge in [0, 0.05) is 18.3 Å². The average molecular weight is 426 g/mol. The lowest BCUT2D eigenvalue weighted by Crippen LogP contribution is -2.20. The maximum atomic E-state index is 8.84. The molecule has 0 spiro atoms. The summed E-state index contributed by atoms with van der Waals surface area (Å²) >= 11 is 2.25. The van der Waals surface area contributed by atoms with Crippen molar-refractivity contribution in [3.8, 4) is 0 Å². The van der Waals surface area contributed by atoms with E-state index in [2.05, 4.69) is 37.9 Å². The molecule has 0 aliphatic heterocycles. The van der Waals surface area contributed by atoms with Gasteiger partial charge in [0.05, 0.1) is 52.3 Å². The molecule has 2 rings (SSSR count). The van der Waals surface area contributed by atoms with Crippen LogP contribution >= 0.6 is 22.9 Å². The summed E-state index contributed by atoms with van der Waals surface area (Å²) in [6.07, 6.45) is 3.13. The first-order valence-corrected chi connectivity index (χ1v) is 8.15. The first-order valence-electron chi connectivity index (χ1n) is 7.19. The van der Waals surface area contributed by atoms with Crippen molar-refractivity contribution in [3.05, 3.63) is 47.9 Å². The van der Waals surface area contributed by atoms with Crippen molar-refractivity contribution in [3.63, 3.8) is 0 Å². The fourth-order valence-corrected chi connectivity index (χ4v) is 2.29. The SMILES string of the molecule is CCN(I)c1ccc(N=C2C=C(OCCO)C(N)=CC2=N)cc1. The molecule has 122 valence electrons. The van der Waals surface area contributed by atoms with E-state index in [1.54, 1.807) is 6.08 Å². The largest absolute Gasteiger partial charge is 0.489 e. The number of ether oxygens (including phenoxy) is 1. The lowest BCUT2D eigenvalue weighted by atomic mass is 10.1. The van der Waals surface area contributed by atoms with E-state index in [1.807, 2.05) is 24.3 Å². The number of halogens is 1. The summed E-state index contributed by atoms with van der Waals surface area (Å²) in [6.45, 7) is 3.05. The molecule has 1 aliphatic carbocycles. The molecule has 1 aromatic carbocycles. The highest BCUT2D eigenvalue weighted by Gasteiger charge is 2.15. The lowest BCUT2D eigenvalue weighted by molar-refractivity contribution is 0.149. The minimum absolute atomic E-state index is 0.0970. The van der Waals surface area contributed by atoms with Crippen LogP contribution in [0.5, 0.6) is 0 Å². The summed E-state index contributed by atoms with van der Waals surface area (Å²) in [5, 5.41) is 16.8. The molecule has 0 amide bonds. The minimum atomic E-state index is -0.0970. The van der Waals surface area contributed by atoms with E-state index >= 15 is 0 Å². The Morgan fingerprint density at radius 2 is 2.00 bits per heavy atom. The number of hydrogen-bond donors (Lipinski definition) is 3. The van der Waals surface area contributed by atoms with Gasteiger partial charge in [0.1, 0.15) is 12.4 Å². The number of benzene rings is 1. The Balaban J connectivity index is 2.23. The smallest absolute Gasteiger partial charge is 0.144 e. The molecule has 0 saturated heterocycles. The highest BCUT2D eigenvalue weighted by atomic mass is 127. The Kier molecular flexibility index (Phi) is 6.17. The van der Waals surface area contributed by atoms with Crippen LogP contribution in [0.3, 0.4) is 0 Å². The molecule has 7 heteroatoms. The van der Waals surface area contributed by atoms with Gasteiger partial charge >= 0.3 is 0 Å². The standard InChI is InChI=1S/C16H19IN4O2/c1-2-21(17)12-5-3-11(4-6-12)20-15-10-16(23-8-7-22)14(19)9-13(15)18/h3-6,9-10,18,22H,2,7-8,19H2,1H3. The third-order valence-electron chi connectivity index (χ3n) is 3.13. The van der Waals surface area contributed by atoms with Crippen LogP contribution in [0.4, 0.5) is 11.4 Å². The van der Waals surface area contributed by atoms with Gasteiger partial charge in [-0.05, 0) is 37.3 Å². The molecule has 0 unspecified atom stereocenters. The maximum absolute atomic E-state index is 8.84. The third kappa shape index (κ3) is 4.55. The average Bonchev–Trinajstić information content (AvgIpc) is 2.56. The van der Waals surface area contributed by atoms with E-state index in [4.69, 9.17) is 21.0 Å². The third-order valence-corrected chi connectivity index (χ3v) is 4.37. The number of allylic oxidation sites excluding steroid dienone is 2. The van der Waals surface area contributed by atoms with Crippen molar-refractivity contribution in [1.82, 2.24) is 0 Å². The van der Waals surface area contributed by atoms with Gasteiger partial charge in [-0.3, -0.25) is 5.41 Å². The molecule has 0 radical (unpaired) electrons. The number of hydrogen-bond acceptors (Lipinski definition) is 6. The molecule has 0 heterocycles. The first kappa shape index (κ1) is 17.5. The molecule has 0 bridgehead atoms. The van der Waals surface area contributed by atoms with Crippen molar-refractivity contribution >= 4 is 45.7 Å². The second-order valence-corrected chi connectivity index (χ2v) is 5.95. The zero-order valence-electron chi connectivity index (χ0n) is 12.8. The molecule has 0 aromatic heterocycles. The molecule has 0 atom stereocenters. The van der Waals surface area contributed by atoms with E-state index in [0.717, 1.165) is 17.9 Å². The monoisotopic (exact) mass is 426 g/mol. The number of nitrogens with one attached hydrogen (secondary N) is 1. The number of rotatable bonds is 6. The highest BCUT2D eigenvalue weighted by Crippen LogP contribution is 2.23. The van der Waals surface area contributed by atoms with E-state index < -0.39 is 0 Å². The topological polar surface area (TPSA) is 94.9 Å². The summed E-state index contributed by atoms with van der Waals surface area (Å²) in [7, 11) is 0. The summed E-state index contributed by atoms with van der Waals surface area (Å²) in [4.78, 5) is 4.47. The van der Waals surface area contributed by atoms with Crippen LogP contribution < -0.4 is 8.85 Å². The highest BCUT2D eigenvalue weighted by molar-refractivity contribution is 14.1. The van der Waals surface area contributed by atoms with E-state index in [1.165, 1.54) is 6.08 Å². The maximum Gasteiger partial charge on any atom is 0.144 e. The van der Waals surface area contributed by atoms with Crippen LogP contribution in [0.1, 0.15) is 6.92 Å². The summed E-state index contributed by atoms with van der Waals surface area (Å²) < 4.78 is 7.46. The second kappa shape index (κ2) is 8.11. The van der Waals surface area contributed by atoms with Crippen LogP contribution in [0.25, 0.3) is 0 Å². The van der Waals surface area contributed by atoms with Crippen molar-refractivity contribution in [2.45, 2.75) is 6.92 Å². The minimum Gasteiger partial charge on any atom is -0.489 e. The van der Waals surface area contributed by atoms with Crippen molar-refractivity contribution < 1.29 is 9.84 Å². The number of anilines is 1. The molecule has 1 aromatic rings. The Morgan fingerprint density at radius 3 is 2.61 bits per heavy atom. The van der Waals surface area contributed by atoms with Crippen LogP contribution in [0.15, 0.2) is 52.9 Å². The first-order chi connectivity index (χ1) is 11.0. The van der Waals surface area contributed by atoms with Crippen LogP contribution in [-0.2, 0) is 4.74 Å². The fraction of sp³-hybridized carbons (Fsp3) is 0.250. The Morgan fingerprint density at radius 1 is 1.30 bits per heavy atom. The van der Waals surface area contributed by atoms with Crippen molar-refractivity contribution in [2.24, 2.45) is 10.7 Å². The molecule has 1 aliphatic rings. The quantitative estimate of drug-likeness (QED) is 0.371. The number of aliphatic hydroxyl groups is 1. The fourth-order valence-electron chi connectivity index (χ4n) is 1.97. The molecule has 0 saturated carbocycles. The van der Waals surface area contributed by atoms with Gasteiger partial charge in [-0.15, -0.1) is 0 Å². The number of aliphatic hydroxyl groups excluding tert-OH is 1. The van der Waals surface area contributed by atoms with Crippen LogP contribution in [0, 0.1) is 5.41 Å². The summed E-state index contributed by atoms with van der Waals surface area (Å²) in [5.41, 5.74) is 8.73. The van der Waals surface area contributed by atoms with Gasteiger partial charge in [-0.1, -0.05) is 0 Å². The van der Waals surface area contributed by atoms with Gasteiger partial charge in [-0.2, -0.15) is 0 Å².